The van der Waals surface area contributed by atoms with E-state index in [0.29, 0.717) is 12.1 Å². The van der Waals surface area contributed by atoms with E-state index in [-0.39, 0.29) is 0 Å². The van der Waals surface area contributed by atoms with Gasteiger partial charge in [0.05, 0.1) is 0 Å². The summed E-state index contributed by atoms with van der Waals surface area (Å²) in [4.78, 5) is 0. The molecule has 2 aromatic carbocycles. The molecule has 0 amide bonds. The second-order valence-corrected chi connectivity index (χ2v) is 5.91. The molecule has 1 aliphatic heterocycles. The minimum absolute atomic E-state index is 0.422. The van der Waals surface area contributed by atoms with Gasteiger partial charge in [0, 0.05) is 12.1 Å². The molecule has 2 nitrogen and oxygen atoms in total. The largest absolute Gasteiger partial charge is 0.492 e. The molecule has 0 aromatic heterocycles. The molecule has 0 bridgehead atoms. The topological polar surface area (TPSA) is 21.3 Å². The van der Waals surface area contributed by atoms with Gasteiger partial charge in [-0.3, -0.25) is 0 Å². The van der Waals surface area contributed by atoms with E-state index >= 15 is 0 Å². The number of aryl methyl sites for hydroxylation is 1. The van der Waals surface area contributed by atoms with Gasteiger partial charge in [0.2, 0.25) is 0 Å². The molecule has 2 heteroatoms. The SMILES string of the molecule is CC(CCc1ccccc1)NC1COc2ccccc2C1. The van der Waals surface area contributed by atoms with Crippen LogP contribution in [0.1, 0.15) is 24.5 Å². The van der Waals surface area contributed by atoms with Crippen molar-refractivity contribution in [2.75, 3.05) is 6.61 Å². The molecule has 0 radical (unpaired) electrons. The summed E-state index contributed by atoms with van der Waals surface area (Å²) in [6.07, 6.45) is 3.34. The van der Waals surface area contributed by atoms with Crippen LogP contribution in [0.4, 0.5) is 0 Å². The van der Waals surface area contributed by atoms with Crippen molar-refractivity contribution in [1.29, 1.82) is 0 Å². The Balaban J connectivity index is 1.49. The zero-order valence-corrected chi connectivity index (χ0v) is 12.6. The van der Waals surface area contributed by atoms with Gasteiger partial charge in [-0.25, -0.2) is 0 Å². The number of ether oxygens (including phenoxy) is 1. The normalized spacial score (nSPS) is 18.6. The van der Waals surface area contributed by atoms with E-state index in [9.17, 15) is 0 Å². The van der Waals surface area contributed by atoms with Crippen LogP contribution in [0.25, 0.3) is 0 Å². The molecule has 2 unspecified atom stereocenters. The highest BCUT2D eigenvalue weighted by Gasteiger charge is 2.20. The van der Waals surface area contributed by atoms with Gasteiger partial charge in [-0.05, 0) is 43.4 Å². The van der Waals surface area contributed by atoms with Crippen molar-refractivity contribution in [3.8, 4) is 5.75 Å². The maximum Gasteiger partial charge on any atom is 0.122 e. The number of hydrogen-bond acceptors (Lipinski definition) is 2. The Morgan fingerprint density at radius 2 is 1.86 bits per heavy atom. The lowest BCUT2D eigenvalue weighted by molar-refractivity contribution is 0.227. The quantitative estimate of drug-likeness (QED) is 0.904. The fraction of sp³-hybridized carbons (Fsp3) is 0.368. The molecule has 3 rings (SSSR count). The average molecular weight is 281 g/mol. The third kappa shape index (κ3) is 3.85. The average Bonchev–Trinajstić information content (AvgIpc) is 2.54. The van der Waals surface area contributed by atoms with Crippen molar-refractivity contribution in [2.45, 2.75) is 38.3 Å². The zero-order chi connectivity index (χ0) is 14.5. The molecular formula is C19H23NO. The van der Waals surface area contributed by atoms with Crippen LogP contribution in [0.15, 0.2) is 54.6 Å². The van der Waals surface area contributed by atoms with Crippen LogP contribution in [0.5, 0.6) is 5.75 Å². The van der Waals surface area contributed by atoms with Gasteiger partial charge < -0.3 is 10.1 Å². The Morgan fingerprint density at radius 1 is 1.10 bits per heavy atom. The molecule has 1 N–H and O–H groups in total. The summed E-state index contributed by atoms with van der Waals surface area (Å²) < 4.78 is 5.84. The first kappa shape index (κ1) is 14.2. The van der Waals surface area contributed by atoms with Crippen LogP contribution in [0.2, 0.25) is 0 Å². The molecule has 21 heavy (non-hydrogen) atoms. The standard InChI is InChI=1S/C19H23NO/c1-15(11-12-16-7-3-2-4-8-16)20-18-13-17-9-5-6-10-19(17)21-14-18/h2-10,15,18,20H,11-14H2,1H3. The van der Waals surface area contributed by atoms with Crippen LogP contribution >= 0.6 is 0 Å². The van der Waals surface area contributed by atoms with Gasteiger partial charge in [-0.2, -0.15) is 0 Å². The highest BCUT2D eigenvalue weighted by Crippen LogP contribution is 2.24. The van der Waals surface area contributed by atoms with Gasteiger partial charge in [-0.15, -0.1) is 0 Å². The fourth-order valence-corrected chi connectivity index (χ4v) is 2.95. The molecule has 0 aliphatic carbocycles. The molecule has 2 aromatic rings. The lowest BCUT2D eigenvalue weighted by atomic mass is 10.0. The van der Waals surface area contributed by atoms with E-state index in [1.165, 1.54) is 11.1 Å². The lowest BCUT2D eigenvalue weighted by Crippen LogP contribution is -2.44. The summed E-state index contributed by atoms with van der Waals surface area (Å²) in [5, 5.41) is 3.70. The second-order valence-electron chi connectivity index (χ2n) is 5.91. The molecule has 1 aliphatic rings. The van der Waals surface area contributed by atoms with Gasteiger partial charge >= 0.3 is 0 Å². The summed E-state index contributed by atoms with van der Waals surface area (Å²) in [5.74, 6) is 1.05. The Kier molecular flexibility index (Phi) is 4.56. The minimum atomic E-state index is 0.422. The number of nitrogens with one attached hydrogen (secondary N) is 1. The third-order valence-corrected chi connectivity index (χ3v) is 4.11. The van der Waals surface area contributed by atoms with E-state index in [2.05, 4.69) is 60.8 Å². The maximum absolute atomic E-state index is 5.84. The summed E-state index contributed by atoms with van der Waals surface area (Å²) >= 11 is 0. The van der Waals surface area contributed by atoms with Gasteiger partial charge in [0.25, 0.3) is 0 Å². The highest BCUT2D eigenvalue weighted by molar-refractivity contribution is 5.35. The molecule has 1 heterocycles. The van der Waals surface area contributed by atoms with Gasteiger partial charge in [-0.1, -0.05) is 48.5 Å². The van der Waals surface area contributed by atoms with Gasteiger partial charge in [0.1, 0.15) is 12.4 Å². The van der Waals surface area contributed by atoms with Crippen molar-refractivity contribution in [1.82, 2.24) is 5.32 Å². The van der Waals surface area contributed by atoms with E-state index in [0.717, 1.165) is 31.6 Å². The number of fused-ring (bicyclic) bond motifs is 1. The first-order valence-electron chi connectivity index (χ1n) is 7.82. The van der Waals surface area contributed by atoms with Crippen LogP contribution in [0, 0.1) is 0 Å². The molecule has 110 valence electrons. The monoisotopic (exact) mass is 281 g/mol. The number of hydrogen-bond donors (Lipinski definition) is 1. The summed E-state index contributed by atoms with van der Waals surface area (Å²) in [5.41, 5.74) is 2.73. The predicted octanol–water partition coefficient (Wildman–Crippen LogP) is 3.60. The van der Waals surface area contributed by atoms with Crippen LogP contribution in [0.3, 0.4) is 0 Å². The smallest absolute Gasteiger partial charge is 0.122 e. The fourth-order valence-electron chi connectivity index (χ4n) is 2.95. The van der Waals surface area contributed by atoms with Crippen LogP contribution in [-0.4, -0.2) is 18.7 Å². The Hall–Kier alpha value is -1.80. The summed E-state index contributed by atoms with van der Waals surface area (Å²) in [6.45, 7) is 3.04. The predicted molar refractivity (Wildman–Crippen MR) is 86.8 cm³/mol. The zero-order valence-electron chi connectivity index (χ0n) is 12.6. The van der Waals surface area contributed by atoms with Crippen molar-refractivity contribution >= 4 is 0 Å². The number of benzene rings is 2. The van der Waals surface area contributed by atoms with Crippen molar-refractivity contribution < 1.29 is 4.74 Å². The molecule has 0 spiro atoms. The van der Waals surface area contributed by atoms with Gasteiger partial charge in [0.15, 0.2) is 0 Å². The molecule has 2 atom stereocenters. The highest BCUT2D eigenvalue weighted by atomic mass is 16.5. The maximum atomic E-state index is 5.84. The third-order valence-electron chi connectivity index (χ3n) is 4.11. The second kappa shape index (κ2) is 6.77. The van der Waals surface area contributed by atoms with Crippen molar-refractivity contribution in [2.24, 2.45) is 0 Å². The van der Waals surface area contributed by atoms with Crippen LogP contribution in [-0.2, 0) is 12.8 Å². The Bertz CT molecular complexity index is 567. The summed E-state index contributed by atoms with van der Waals surface area (Å²) in [7, 11) is 0. The van der Waals surface area contributed by atoms with Crippen molar-refractivity contribution in [3.05, 3.63) is 65.7 Å². The van der Waals surface area contributed by atoms with E-state index in [4.69, 9.17) is 4.74 Å². The first-order valence-corrected chi connectivity index (χ1v) is 7.82. The Labute approximate surface area is 127 Å². The van der Waals surface area contributed by atoms with E-state index < -0.39 is 0 Å². The summed E-state index contributed by atoms with van der Waals surface area (Å²) in [6, 6.07) is 20.0. The van der Waals surface area contributed by atoms with E-state index in [1.807, 2.05) is 6.07 Å². The molecule has 0 fully saturated rings. The first-order chi connectivity index (χ1) is 10.3. The number of rotatable bonds is 5. The lowest BCUT2D eigenvalue weighted by Gasteiger charge is -2.28. The van der Waals surface area contributed by atoms with Crippen molar-refractivity contribution in [3.63, 3.8) is 0 Å². The molecule has 0 saturated heterocycles. The number of para-hydroxylation sites is 1. The Morgan fingerprint density at radius 3 is 2.71 bits per heavy atom. The van der Waals surface area contributed by atoms with Crippen LogP contribution < -0.4 is 10.1 Å². The molecule has 0 saturated carbocycles. The van der Waals surface area contributed by atoms with E-state index in [1.54, 1.807) is 0 Å². The molecular weight excluding hydrogens is 258 g/mol. The minimum Gasteiger partial charge on any atom is -0.492 e.